The third-order valence-corrected chi connectivity index (χ3v) is 5.45. The lowest BCUT2D eigenvalue weighted by Crippen LogP contribution is -2.24. The predicted molar refractivity (Wildman–Crippen MR) is 123 cm³/mol. The lowest BCUT2D eigenvalue weighted by Gasteiger charge is -2.11. The molecule has 1 heterocycles. The molecule has 0 saturated heterocycles. The van der Waals surface area contributed by atoms with Crippen LogP contribution in [0.15, 0.2) is 67.4 Å². The average Bonchev–Trinajstić information content (AvgIpc) is 3.17. The van der Waals surface area contributed by atoms with E-state index in [0.717, 1.165) is 11.1 Å². The van der Waals surface area contributed by atoms with Crippen molar-refractivity contribution in [3.05, 3.63) is 95.6 Å². The first-order chi connectivity index (χ1) is 14.9. The molecule has 3 aromatic rings. The molecule has 1 unspecified atom stereocenters. The van der Waals surface area contributed by atoms with Crippen molar-refractivity contribution in [3.63, 3.8) is 0 Å². The summed E-state index contributed by atoms with van der Waals surface area (Å²) in [6.45, 7) is 5.98. The number of carbonyl (C=O) groups excluding carboxylic acids is 1. The zero-order valence-corrected chi connectivity index (χ0v) is 18.3. The van der Waals surface area contributed by atoms with Crippen molar-refractivity contribution in [2.75, 3.05) is 6.26 Å². The zero-order valence-electron chi connectivity index (χ0n) is 17.5. The number of rotatable bonds is 8. The SMILES string of the molecule is C=Cc1c(/C(=C\C)C(=O)NCc2cccc(CS(C)=O)c2)cnn1-c1ccc(F)cc1. The first-order valence-electron chi connectivity index (χ1n) is 9.72. The van der Waals surface area contributed by atoms with Crippen molar-refractivity contribution in [1.82, 2.24) is 15.1 Å². The molecule has 0 saturated carbocycles. The van der Waals surface area contributed by atoms with Gasteiger partial charge in [0.05, 0.1) is 17.6 Å². The second-order valence-corrected chi connectivity index (χ2v) is 8.39. The topological polar surface area (TPSA) is 64.0 Å². The van der Waals surface area contributed by atoms with Gasteiger partial charge in [0.25, 0.3) is 5.91 Å². The molecule has 0 spiro atoms. The van der Waals surface area contributed by atoms with Gasteiger partial charge in [0.15, 0.2) is 0 Å². The summed E-state index contributed by atoms with van der Waals surface area (Å²) in [5.41, 5.74) is 4.31. The van der Waals surface area contributed by atoms with Gasteiger partial charge in [0, 0.05) is 40.5 Å². The van der Waals surface area contributed by atoms with Gasteiger partial charge in [-0.2, -0.15) is 5.10 Å². The van der Waals surface area contributed by atoms with Gasteiger partial charge in [0.1, 0.15) is 5.82 Å². The van der Waals surface area contributed by atoms with E-state index in [-0.39, 0.29) is 11.7 Å². The molecule has 5 nitrogen and oxygen atoms in total. The molecule has 0 aliphatic rings. The molecular formula is C24H24FN3O2S. The minimum absolute atomic E-state index is 0.242. The molecule has 1 aromatic heterocycles. The Labute approximate surface area is 183 Å². The standard InChI is InChI=1S/C24H24FN3O2S/c1-4-21(24(29)26-14-17-7-6-8-18(13-17)16-31(3)30)22-15-27-28(23(22)5-2)20-11-9-19(25)10-12-20/h4-13,15H,2,14,16H2,1,3H3,(H,26,29)/b21-4+. The molecule has 7 heteroatoms. The lowest BCUT2D eigenvalue weighted by molar-refractivity contribution is -0.115. The second kappa shape index (κ2) is 10.1. The Kier molecular flexibility index (Phi) is 7.31. The number of nitrogens with one attached hydrogen (secondary N) is 1. The predicted octanol–water partition coefficient (Wildman–Crippen LogP) is 4.25. The minimum Gasteiger partial charge on any atom is -0.348 e. The van der Waals surface area contributed by atoms with Crippen molar-refractivity contribution in [1.29, 1.82) is 0 Å². The Bertz CT molecular complexity index is 1150. The van der Waals surface area contributed by atoms with Crippen LogP contribution in [-0.2, 0) is 27.9 Å². The summed E-state index contributed by atoms with van der Waals surface area (Å²) >= 11 is 0. The van der Waals surface area contributed by atoms with E-state index in [9.17, 15) is 13.4 Å². The molecule has 0 fully saturated rings. The molecule has 1 atom stereocenters. The summed E-state index contributed by atoms with van der Waals surface area (Å²) in [6.07, 6.45) is 6.62. The van der Waals surface area contributed by atoms with Crippen LogP contribution in [0.1, 0.15) is 29.3 Å². The fourth-order valence-electron chi connectivity index (χ4n) is 3.30. The van der Waals surface area contributed by atoms with E-state index in [4.69, 9.17) is 0 Å². The Hall–Kier alpha value is -3.32. The highest BCUT2D eigenvalue weighted by atomic mass is 32.2. The van der Waals surface area contributed by atoms with Crippen molar-refractivity contribution >= 4 is 28.4 Å². The molecule has 0 bridgehead atoms. The molecule has 0 aliphatic heterocycles. The molecule has 0 radical (unpaired) electrons. The molecule has 31 heavy (non-hydrogen) atoms. The minimum atomic E-state index is -0.926. The number of allylic oxidation sites excluding steroid dienone is 1. The summed E-state index contributed by atoms with van der Waals surface area (Å²) in [7, 11) is -0.926. The first kappa shape index (κ1) is 22.4. The summed E-state index contributed by atoms with van der Waals surface area (Å²) in [4.78, 5) is 12.9. The normalized spacial score (nSPS) is 12.4. The van der Waals surface area contributed by atoms with Gasteiger partial charge in [-0.3, -0.25) is 9.00 Å². The van der Waals surface area contributed by atoms with E-state index in [1.165, 1.54) is 12.1 Å². The fraction of sp³-hybridized carbons (Fsp3) is 0.167. The first-order valence-corrected chi connectivity index (χ1v) is 11.4. The summed E-state index contributed by atoms with van der Waals surface area (Å²) in [6, 6.07) is 13.6. The molecule has 160 valence electrons. The van der Waals surface area contributed by atoms with Crippen LogP contribution < -0.4 is 5.32 Å². The number of halogens is 1. The Balaban J connectivity index is 1.79. The highest BCUT2D eigenvalue weighted by Crippen LogP contribution is 2.24. The smallest absolute Gasteiger partial charge is 0.251 e. The molecule has 0 aliphatic carbocycles. The number of carbonyl (C=O) groups is 1. The van der Waals surface area contributed by atoms with E-state index in [2.05, 4.69) is 17.0 Å². The van der Waals surface area contributed by atoms with Crippen molar-refractivity contribution in [3.8, 4) is 5.69 Å². The Morgan fingerprint density at radius 2 is 1.94 bits per heavy atom. The van der Waals surface area contributed by atoms with Crippen LogP contribution in [0.2, 0.25) is 0 Å². The van der Waals surface area contributed by atoms with E-state index in [1.54, 1.807) is 48.3 Å². The van der Waals surface area contributed by atoms with Gasteiger partial charge < -0.3 is 5.32 Å². The Morgan fingerprint density at radius 1 is 1.23 bits per heavy atom. The van der Waals surface area contributed by atoms with Gasteiger partial charge in [-0.05, 0) is 48.4 Å². The number of benzene rings is 2. The van der Waals surface area contributed by atoms with Crippen LogP contribution in [0, 0.1) is 5.82 Å². The number of hydrogen-bond donors (Lipinski definition) is 1. The summed E-state index contributed by atoms with van der Waals surface area (Å²) in [5.74, 6) is -0.0968. The molecule has 1 N–H and O–H groups in total. The maximum Gasteiger partial charge on any atom is 0.251 e. The molecule has 3 rings (SSSR count). The number of nitrogens with zero attached hydrogens (tertiary/aromatic N) is 2. The van der Waals surface area contributed by atoms with Crippen LogP contribution in [-0.4, -0.2) is 26.2 Å². The molecule has 1 amide bonds. The highest BCUT2D eigenvalue weighted by molar-refractivity contribution is 7.83. The molecule has 2 aromatic carbocycles. The van der Waals surface area contributed by atoms with Crippen molar-refractivity contribution in [2.45, 2.75) is 19.2 Å². The third-order valence-electron chi connectivity index (χ3n) is 4.71. The van der Waals surface area contributed by atoms with Crippen molar-refractivity contribution in [2.24, 2.45) is 0 Å². The van der Waals surface area contributed by atoms with Crippen LogP contribution in [0.5, 0.6) is 0 Å². The Morgan fingerprint density at radius 3 is 2.58 bits per heavy atom. The number of hydrogen-bond acceptors (Lipinski definition) is 3. The summed E-state index contributed by atoms with van der Waals surface area (Å²) < 4.78 is 26.3. The van der Waals surface area contributed by atoms with E-state index in [0.29, 0.717) is 34.8 Å². The number of amides is 1. The van der Waals surface area contributed by atoms with Gasteiger partial charge in [-0.25, -0.2) is 9.07 Å². The monoisotopic (exact) mass is 437 g/mol. The van der Waals surface area contributed by atoms with Gasteiger partial charge in [0.2, 0.25) is 0 Å². The van der Waals surface area contributed by atoms with E-state index >= 15 is 0 Å². The van der Waals surface area contributed by atoms with Crippen LogP contribution in [0.4, 0.5) is 4.39 Å². The van der Waals surface area contributed by atoms with E-state index in [1.807, 2.05) is 24.3 Å². The molecular weight excluding hydrogens is 413 g/mol. The zero-order chi connectivity index (χ0) is 22.4. The highest BCUT2D eigenvalue weighted by Gasteiger charge is 2.18. The maximum absolute atomic E-state index is 13.3. The average molecular weight is 438 g/mol. The van der Waals surface area contributed by atoms with Gasteiger partial charge >= 0.3 is 0 Å². The van der Waals surface area contributed by atoms with Gasteiger partial charge in [-0.1, -0.05) is 36.9 Å². The van der Waals surface area contributed by atoms with Crippen LogP contribution >= 0.6 is 0 Å². The lowest BCUT2D eigenvalue weighted by atomic mass is 10.0. The van der Waals surface area contributed by atoms with Crippen LogP contribution in [0.3, 0.4) is 0 Å². The third kappa shape index (κ3) is 5.44. The second-order valence-electron chi connectivity index (χ2n) is 6.96. The largest absolute Gasteiger partial charge is 0.348 e. The fourth-order valence-corrected chi connectivity index (χ4v) is 3.95. The van der Waals surface area contributed by atoms with Crippen molar-refractivity contribution < 1.29 is 13.4 Å². The maximum atomic E-state index is 13.3. The number of aromatic nitrogens is 2. The quantitative estimate of drug-likeness (QED) is 0.536. The van der Waals surface area contributed by atoms with E-state index < -0.39 is 10.8 Å². The summed E-state index contributed by atoms with van der Waals surface area (Å²) in [5, 5.41) is 7.30. The van der Waals surface area contributed by atoms with Crippen LogP contribution in [0.25, 0.3) is 17.3 Å². The van der Waals surface area contributed by atoms with Gasteiger partial charge in [-0.15, -0.1) is 0 Å².